The van der Waals surface area contributed by atoms with Crippen LogP contribution in [0.15, 0.2) is 54.2 Å². The smallest absolute Gasteiger partial charge is 0.258 e. The number of carbonyl (C=O) groups excluding carboxylic acids is 1. The first kappa shape index (κ1) is 10.4. The number of para-hydroxylation sites is 2. The minimum atomic E-state index is -0.0171. The van der Waals surface area contributed by atoms with Gasteiger partial charge in [-0.15, -0.1) is 0 Å². The van der Waals surface area contributed by atoms with E-state index in [1.54, 1.807) is 0 Å². The van der Waals surface area contributed by atoms with Crippen molar-refractivity contribution >= 4 is 22.9 Å². The van der Waals surface area contributed by atoms with Crippen molar-refractivity contribution in [1.82, 2.24) is 0 Å². The van der Waals surface area contributed by atoms with Crippen LogP contribution in [0.5, 0.6) is 0 Å². The molecule has 92 valence electrons. The Morgan fingerprint density at radius 3 is 2.42 bits per heavy atom. The van der Waals surface area contributed by atoms with Crippen LogP contribution in [0.25, 0.3) is 5.57 Å². The maximum absolute atomic E-state index is 12.2. The maximum Gasteiger partial charge on any atom is 0.258 e. The van der Waals surface area contributed by atoms with Crippen LogP contribution in [-0.2, 0) is 11.2 Å². The molecule has 0 radical (unpaired) electrons. The van der Waals surface area contributed by atoms with Crippen LogP contribution in [-0.4, -0.2) is 5.91 Å². The molecule has 0 atom stereocenters. The number of anilines is 2. The summed E-state index contributed by atoms with van der Waals surface area (Å²) in [5.41, 5.74) is 5.98. The SMILES string of the molecule is O=C1Nc2ccccc2C1=C1Cc2ccccc2N1. The van der Waals surface area contributed by atoms with Crippen LogP contribution in [0.3, 0.4) is 0 Å². The molecule has 2 N–H and O–H groups in total. The highest BCUT2D eigenvalue weighted by Gasteiger charge is 2.29. The molecule has 0 fully saturated rings. The van der Waals surface area contributed by atoms with Crippen LogP contribution in [0.2, 0.25) is 0 Å². The van der Waals surface area contributed by atoms with Crippen molar-refractivity contribution in [2.45, 2.75) is 6.42 Å². The van der Waals surface area contributed by atoms with Gasteiger partial charge in [-0.05, 0) is 17.7 Å². The molecule has 2 aromatic carbocycles. The van der Waals surface area contributed by atoms with Gasteiger partial charge < -0.3 is 10.6 Å². The first-order valence-electron chi connectivity index (χ1n) is 6.32. The van der Waals surface area contributed by atoms with Gasteiger partial charge in [-0.2, -0.15) is 0 Å². The average molecular weight is 248 g/mol. The highest BCUT2D eigenvalue weighted by molar-refractivity contribution is 6.32. The van der Waals surface area contributed by atoms with Crippen molar-refractivity contribution < 1.29 is 4.79 Å². The molecule has 2 aliphatic rings. The Morgan fingerprint density at radius 2 is 1.58 bits per heavy atom. The Bertz CT molecular complexity index is 704. The molecule has 0 saturated carbocycles. The van der Waals surface area contributed by atoms with Crippen molar-refractivity contribution in [2.24, 2.45) is 0 Å². The average Bonchev–Trinajstić information content (AvgIpc) is 2.97. The fourth-order valence-electron chi connectivity index (χ4n) is 2.76. The largest absolute Gasteiger partial charge is 0.358 e. The standard InChI is InChI=1S/C16H12N2O/c19-16-15(11-6-2-4-8-13(11)18-16)14-9-10-5-1-3-7-12(10)17-14/h1-8,17H,9H2,(H,18,19). The first-order chi connectivity index (χ1) is 9.33. The lowest BCUT2D eigenvalue weighted by molar-refractivity contribution is -0.110. The molecule has 2 aliphatic heterocycles. The number of hydrogen-bond acceptors (Lipinski definition) is 2. The molecule has 0 saturated heterocycles. The second-order valence-electron chi connectivity index (χ2n) is 4.81. The van der Waals surface area contributed by atoms with Crippen molar-refractivity contribution in [3.63, 3.8) is 0 Å². The third-order valence-electron chi connectivity index (χ3n) is 3.64. The van der Waals surface area contributed by atoms with Crippen LogP contribution in [0.1, 0.15) is 11.1 Å². The van der Waals surface area contributed by atoms with E-state index in [4.69, 9.17) is 0 Å². The third-order valence-corrected chi connectivity index (χ3v) is 3.64. The summed E-state index contributed by atoms with van der Waals surface area (Å²) in [4.78, 5) is 12.2. The molecule has 19 heavy (non-hydrogen) atoms. The summed E-state index contributed by atoms with van der Waals surface area (Å²) in [6.07, 6.45) is 0.785. The van der Waals surface area contributed by atoms with Crippen LogP contribution >= 0.6 is 0 Å². The molecule has 0 bridgehead atoms. The number of allylic oxidation sites excluding steroid dienone is 1. The summed E-state index contributed by atoms with van der Waals surface area (Å²) in [6.45, 7) is 0. The molecule has 1 amide bonds. The minimum absolute atomic E-state index is 0.0171. The van der Waals surface area contributed by atoms with Gasteiger partial charge in [-0.3, -0.25) is 4.79 Å². The van der Waals surface area contributed by atoms with E-state index in [2.05, 4.69) is 16.7 Å². The molecule has 4 rings (SSSR count). The molecule has 0 spiro atoms. The second-order valence-corrected chi connectivity index (χ2v) is 4.81. The highest BCUT2D eigenvalue weighted by Crippen LogP contribution is 2.38. The predicted molar refractivity (Wildman–Crippen MR) is 75.8 cm³/mol. The predicted octanol–water partition coefficient (Wildman–Crippen LogP) is 3.02. The van der Waals surface area contributed by atoms with Gasteiger partial charge in [0.1, 0.15) is 0 Å². The number of nitrogens with one attached hydrogen (secondary N) is 2. The zero-order valence-electron chi connectivity index (χ0n) is 10.2. The van der Waals surface area contributed by atoms with E-state index >= 15 is 0 Å². The van der Waals surface area contributed by atoms with Crippen molar-refractivity contribution in [3.05, 3.63) is 65.4 Å². The molecule has 2 aromatic rings. The van der Waals surface area contributed by atoms with Crippen molar-refractivity contribution in [3.8, 4) is 0 Å². The summed E-state index contributed by atoms with van der Waals surface area (Å²) in [5.74, 6) is -0.0171. The minimum Gasteiger partial charge on any atom is -0.358 e. The number of carbonyl (C=O) groups is 1. The van der Waals surface area contributed by atoms with Gasteiger partial charge >= 0.3 is 0 Å². The van der Waals surface area contributed by atoms with E-state index in [0.717, 1.165) is 34.6 Å². The van der Waals surface area contributed by atoms with E-state index in [9.17, 15) is 4.79 Å². The number of amides is 1. The van der Waals surface area contributed by atoms with Gasteiger partial charge in [0.15, 0.2) is 0 Å². The monoisotopic (exact) mass is 248 g/mol. The Kier molecular flexibility index (Phi) is 2.03. The van der Waals surface area contributed by atoms with Crippen LogP contribution in [0.4, 0.5) is 11.4 Å². The lowest BCUT2D eigenvalue weighted by Crippen LogP contribution is -2.08. The number of fused-ring (bicyclic) bond motifs is 2. The third kappa shape index (κ3) is 1.48. The maximum atomic E-state index is 12.2. The molecule has 0 aromatic heterocycles. The van der Waals surface area contributed by atoms with Gasteiger partial charge in [-0.1, -0.05) is 36.4 Å². The zero-order chi connectivity index (χ0) is 12.8. The summed E-state index contributed by atoms with van der Waals surface area (Å²) in [7, 11) is 0. The molecular formula is C16H12N2O. The van der Waals surface area contributed by atoms with E-state index < -0.39 is 0 Å². The summed E-state index contributed by atoms with van der Waals surface area (Å²) in [5, 5.41) is 6.28. The lowest BCUT2D eigenvalue weighted by atomic mass is 10.0. The van der Waals surface area contributed by atoms with Gasteiger partial charge in [0, 0.05) is 29.1 Å². The molecule has 0 unspecified atom stereocenters. The van der Waals surface area contributed by atoms with Gasteiger partial charge in [0.2, 0.25) is 0 Å². The first-order valence-corrected chi connectivity index (χ1v) is 6.32. The Hall–Kier alpha value is -2.55. The van der Waals surface area contributed by atoms with Crippen molar-refractivity contribution in [2.75, 3.05) is 10.6 Å². The molecule has 2 heterocycles. The lowest BCUT2D eigenvalue weighted by Gasteiger charge is -2.04. The zero-order valence-corrected chi connectivity index (χ0v) is 10.2. The Labute approximate surface area is 111 Å². The van der Waals surface area contributed by atoms with E-state index in [0.29, 0.717) is 0 Å². The molecular weight excluding hydrogens is 236 g/mol. The quantitative estimate of drug-likeness (QED) is 0.704. The van der Waals surface area contributed by atoms with E-state index in [-0.39, 0.29) is 5.91 Å². The number of rotatable bonds is 0. The van der Waals surface area contributed by atoms with Crippen LogP contribution in [0, 0.1) is 0 Å². The summed E-state index contributed by atoms with van der Waals surface area (Å²) < 4.78 is 0. The van der Waals surface area contributed by atoms with Gasteiger partial charge in [-0.25, -0.2) is 0 Å². The molecule has 3 heteroatoms. The van der Waals surface area contributed by atoms with Gasteiger partial charge in [0.25, 0.3) is 5.91 Å². The Morgan fingerprint density at radius 1 is 0.842 bits per heavy atom. The second kappa shape index (κ2) is 3.72. The van der Waals surface area contributed by atoms with Gasteiger partial charge in [0.05, 0.1) is 5.57 Å². The van der Waals surface area contributed by atoms with E-state index in [1.807, 2.05) is 42.5 Å². The number of benzene rings is 2. The fraction of sp³-hybridized carbons (Fsp3) is 0.0625. The molecule has 0 aliphatic carbocycles. The van der Waals surface area contributed by atoms with E-state index in [1.165, 1.54) is 5.56 Å². The normalized spacial score (nSPS) is 19.7. The molecule has 3 nitrogen and oxygen atoms in total. The highest BCUT2D eigenvalue weighted by atomic mass is 16.2. The summed E-state index contributed by atoms with van der Waals surface area (Å²) >= 11 is 0. The van der Waals surface area contributed by atoms with Crippen LogP contribution < -0.4 is 10.6 Å². The topological polar surface area (TPSA) is 41.1 Å². The van der Waals surface area contributed by atoms with Crippen molar-refractivity contribution in [1.29, 1.82) is 0 Å². The number of hydrogen-bond donors (Lipinski definition) is 2. The fourth-order valence-corrected chi connectivity index (χ4v) is 2.76. The Balaban J connectivity index is 1.86. The summed E-state index contributed by atoms with van der Waals surface area (Å²) in [6, 6.07) is 16.0.